The number of carbonyl (C=O) groups excluding carboxylic acids is 1. The summed E-state index contributed by atoms with van der Waals surface area (Å²) in [4.78, 5) is 16.3. The normalized spacial score (nSPS) is 15.1. The molecule has 0 atom stereocenters. The summed E-state index contributed by atoms with van der Waals surface area (Å²) in [6.07, 6.45) is 3.31. The molecular formula is C19H18ClFN2O. The minimum absolute atomic E-state index is 0.0197. The van der Waals surface area contributed by atoms with Crippen LogP contribution < -0.4 is 4.90 Å². The molecule has 1 saturated heterocycles. The van der Waals surface area contributed by atoms with E-state index in [9.17, 15) is 9.18 Å². The maximum atomic E-state index is 13.0. The molecule has 3 rings (SSSR count). The zero-order valence-electron chi connectivity index (χ0n) is 13.2. The van der Waals surface area contributed by atoms with Gasteiger partial charge in [-0.05, 0) is 42.0 Å². The van der Waals surface area contributed by atoms with Crippen LogP contribution in [0.4, 0.5) is 10.1 Å². The molecular weight excluding hydrogens is 327 g/mol. The molecule has 124 valence electrons. The second-order valence-corrected chi connectivity index (χ2v) is 6.05. The highest BCUT2D eigenvalue weighted by molar-refractivity contribution is 6.32. The molecule has 0 spiro atoms. The van der Waals surface area contributed by atoms with Crippen molar-refractivity contribution in [2.75, 3.05) is 31.1 Å². The van der Waals surface area contributed by atoms with Gasteiger partial charge in [0.05, 0.1) is 0 Å². The van der Waals surface area contributed by atoms with Gasteiger partial charge in [0.15, 0.2) is 0 Å². The fourth-order valence-corrected chi connectivity index (χ4v) is 2.91. The number of hydrogen-bond acceptors (Lipinski definition) is 2. The van der Waals surface area contributed by atoms with Gasteiger partial charge >= 0.3 is 0 Å². The fraction of sp³-hybridized carbons (Fsp3) is 0.211. The van der Waals surface area contributed by atoms with Gasteiger partial charge in [0.2, 0.25) is 5.91 Å². The smallest absolute Gasteiger partial charge is 0.246 e. The van der Waals surface area contributed by atoms with Crippen LogP contribution in [-0.4, -0.2) is 37.0 Å². The molecule has 1 aliphatic heterocycles. The van der Waals surface area contributed by atoms with Gasteiger partial charge in [-0.3, -0.25) is 4.79 Å². The summed E-state index contributed by atoms with van der Waals surface area (Å²) in [7, 11) is 0. The zero-order valence-corrected chi connectivity index (χ0v) is 13.9. The first-order chi connectivity index (χ1) is 11.6. The molecule has 1 amide bonds. The van der Waals surface area contributed by atoms with Gasteiger partial charge in [-0.2, -0.15) is 0 Å². The van der Waals surface area contributed by atoms with E-state index < -0.39 is 0 Å². The number of piperazine rings is 1. The highest BCUT2D eigenvalue weighted by atomic mass is 35.5. The maximum Gasteiger partial charge on any atom is 0.246 e. The minimum atomic E-state index is -0.239. The first-order valence-corrected chi connectivity index (χ1v) is 8.23. The maximum absolute atomic E-state index is 13.0. The summed E-state index contributed by atoms with van der Waals surface area (Å²) in [6, 6.07) is 13.9. The summed E-state index contributed by atoms with van der Waals surface area (Å²) in [5.74, 6) is -0.258. The Bertz CT molecular complexity index is 737. The van der Waals surface area contributed by atoms with Crippen LogP contribution in [0.1, 0.15) is 5.56 Å². The Kier molecular flexibility index (Phi) is 5.16. The summed E-state index contributed by atoms with van der Waals surface area (Å²) in [6.45, 7) is 2.75. The predicted molar refractivity (Wildman–Crippen MR) is 95.7 cm³/mol. The molecule has 0 aromatic heterocycles. The van der Waals surface area contributed by atoms with E-state index in [4.69, 9.17) is 11.6 Å². The molecule has 3 nitrogen and oxygen atoms in total. The third kappa shape index (κ3) is 3.95. The fourth-order valence-electron chi connectivity index (χ4n) is 2.71. The van der Waals surface area contributed by atoms with E-state index in [1.54, 1.807) is 30.4 Å². The molecule has 0 N–H and O–H groups in total. The molecule has 0 saturated carbocycles. The van der Waals surface area contributed by atoms with Crippen LogP contribution in [0, 0.1) is 5.82 Å². The summed E-state index contributed by atoms with van der Waals surface area (Å²) >= 11 is 6.08. The molecule has 1 heterocycles. The first-order valence-electron chi connectivity index (χ1n) is 7.85. The Balaban J connectivity index is 1.57. The van der Waals surface area contributed by atoms with Gasteiger partial charge in [0.25, 0.3) is 0 Å². The monoisotopic (exact) mass is 344 g/mol. The lowest BCUT2D eigenvalue weighted by atomic mass is 10.2. The van der Waals surface area contributed by atoms with Crippen molar-refractivity contribution in [1.82, 2.24) is 4.90 Å². The molecule has 24 heavy (non-hydrogen) atoms. The highest BCUT2D eigenvalue weighted by Crippen LogP contribution is 2.18. The van der Waals surface area contributed by atoms with E-state index >= 15 is 0 Å². The van der Waals surface area contributed by atoms with Crippen molar-refractivity contribution in [2.45, 2.75) is 0 Å². The second-order valence-electron chi connectivity index (χ2n) is 5.64. The minimum Gasteiger partial charge on any atom is -0.368 e. The Morgan fingerprint density at radius 2 is 1.67 bits per heavy atom. The summed E-state index contributed by atoms with van der Waals surface area (Å²) in [5, 5.41) is 0.627. The Hall–Kier alpha value is -2.33. The average molecular weight is 345 g/mol. The van der Waals surface area contributed by atoms with Crippen molar-refractivity contribution in [3.05, 3.63) is 71.0 Å². The molecule has 0 unspecified atom stereocenters. The lowest BCUT2D eigenvalue weighted by Gasteiger charge is -2.35. The Morgan fingerprint density at radius 1 is 1.00 bits per heavy atom. The standard InChI is InChI=1S/C19H18ClFN2O/c20-18-4-2-1-3-15(18)5-10-19(24)23-13-11-22(12-14-23)17-8-6-16(21)7-9-17/h1-10H,11-14H2/b10-5+. The van der Waals surface area contributed by atoms with Crippen LogP contribution in [-0.2, 0) is 4.79 Å². The van der Waals surface area contributed by atoms with Gasteiger partial charge in [-0.25, -0.2) is 4.39 Å². The molecule has 2 aromatic carbocycles. The van der Waals surface area contributed by atoms with E-state index in [0.29, 0.717) is 18.1 Å². The lowest BCUT2D eigenvalue weighted by molar-refractivity contribution is -0.126. The van der Waals surface area contributed by atoms with Crippen molar-refractivity contribution in [3.63, 3.8) is 0 Å². The van der Waals surface area contributed by atoms with Gasteiger partial charge in [0.1, 0.15) is 5.82 Å². The quantitative estimate of drug-likeness (QED) is 0.790. The summed E-state index contributed by atoms with van der Waals surface area (Å²) < 4.78 is 13.0. The lowest BCUT2D eigenvalue weighted by Crippen LogP contribution is -2.48. The number of anilines is 1. The predicted octanol–water partition coefficient (Wildman–Crippen LogP) is 3.84. The van der Waals surface area contributed by atoms with Gasteiger partial charge < -0.3 is 9.80 Å². The number of benzene rings is 2. The van der Waals surface area contributed by atoms with Crippen molar-refractivity contribution in [2.24, 2.45) is 0 Å². The van der Waals surface area contributed by atoms with Crippen molar-refractivity contribution < 1.29 is 9.18 Å². The van der Waals surface area contributed by atoms with E-state index in [0.717, 1.165) is 24.3 Å². The molecule has 0 bridgehead atoms. The molecule has 0 radical (unpaired) electrons. The Labute approximate surface area is 145 Å². The molecule has 2 aromatic rings. The van der Waals surface area contributed by atoms with Gasteiger partial charge in [-0.1, -0.05) is 29.8 Å². The number of nitrogens with zero attached hydrogens (tertiary/aromatic N) is 2. The number of rotatable bonds is 3. The number of carbonyl (C=O) groups is 1. The van der Waals surface area contributed by atoms with Crippen LogP contribution in [0.15, 0.2) is 54.6 Å². The number of amides is 1. The molecule has 1 fully saturated rings. The SMILES string of the molecule is O=C(/C=C/c1ccccc1Cl)N1CCN(c2ccc(F)cc2)CC1. The van der Waals surface area contributed by atoms with Gasteiger partial charge in [-0.15, -0.1) is 0 Å². The van der Waals surface area contributed by atoms with Crippen molar-refractivity contribution >= 4 is 29.3 Å². The van der Waals surface area contributed by atoms with E-state index in [-0.39, 0.29) is 11.7 Å². The van der Waals surface area contributed by atoms with Crippen LogP contribution in [0.5, 0.6) is 0 Å². The molecule has 1 aliphatic rings. The average Bonchev–Trinajstić information content (AvgIpc) is 2.62. The molecule has 5 heteroatoms. The van der Waals surface area contributed by atoms with Crippen molar-refractivity contribution in [1.29, 1.82) is 0 Å². The van der Waals surface area contributed by atoms with Crippen LogP contribution in [0.3, 0.4) is 0 Å². The van der Waals surface area contributed by atoms with Gasteiger partial charge in [0, 0.05) is 43.0 Å². The number of halogens is 2. The highest BCUT2D eigenvalue weighted by Gasteiger charge is 2.19. The number of hydrogen-bond donors (Lipinski definition) is 0. The second kappa shape index (κ2) is 7.49. The van der Waals surface area contributed by atoms with E-state index in [2.05, 4.69) is 4.90 Å². The zero-order chi connectivity index (χ0) is 16.9. The van der Waals surface area contributed by atoms with Crippen LogP contribution in [0.2, 0.25) is 5.02 Å². The Morgan fingerprint density at radius 3 is 2.33 bits per heavy atom. The first kappa shape index (κ1) is 16.5. The van der Waals surface area contributed by atoms with Crippen LogP contribution in [0.25, 0.3) is 6.08 Å². The molecule has 0 aliphatic carbocycles. The van der Waals surface area contributed by atoms with E-state index in [1.807, 2.05) is 23.1 Å². The largest absolute Gasteiger partial charge is 0.368 e. The topological polar surface area (TPSA) is 23.6 Å². The van der Waals surface area contributed by atoms with Crippen LogP contribution >= 0.6 is 11.6 Å². The summed E-state index contributed by atoms with van der Waals surface area (Å²) in [5.41, 5.74) is 1.81. The third-order valence-corrected chi connectivity index (χ3v) is 4.44. The third-order valence-electron chi connectivity index (χ3n) is 4.09. The van der Waals surface area contributed by atoms with E-state index in [1.165, 1.54) is 12.1 Å². The van der Waals surface area contributed by atoms with Crippen molar-refractivity contribution in [3.8, 4) is 0 Å².